The maximum absolute atomic E-state index is 12.0. The van der Waals surface area contributed by atoms with Crippen molar-refractivity contribution in [2.24, 2.45) is 0 Å². The molecule has 2 N–H and O–H groups in total. The predicted octanol–water partition coefficient (Wildman–Crippen LogP) is 1.66. The Labute approximate surface area is 117 Å². The van der Waals surface area contributed by atoms with E-state index in [-0.39, 0.29) is 5.91 Å². The number of aliphatic hydroxyl groups is 1. The van der Waals surface area contributed by atoms with Gasteiger partial charge in [0.25, 0.3) is 5.91 Å². The molecule has 0 aliphatic carbocycles. The van der Waals surface area contributed by atoms with Crippen molar-refractivity contribution in [2.75, 3.05) is 6.54 Å². The molecular formula is C14H19N3O3. The molecule has 0 radical (unpaired) electrons. The van der Waals surface area contributed by atoms with Crippen LogP contribution in [0.4, 0.5) is 0 Å². The third-order valence-electron chi connectivity index (χ3n) is 3.01. The molecule has 0 saturated heterocycles. The number of rotatable bonds is 6. The summed E-state index contributed by atoms with van der Waals surface area (Å²) in [5, 5.41) is 16.8. The lowest BCUT2D eigenvalue weighted by Crippen LogP contribution is -2.27. The van der Waals surface area contributed by atoms with Crippen LogP contribution in [0.25, 0.3) is 0 Å². The zero-order valence-electron chi connectivity index (χ0n) is 11.7. The topological polar surface area (TPSA) is 80.3 Å². The third kappa shape index (κ3) is 3.27. The van der Waals surface area contributed by atoms with Crippen molar-refractivity contribution in [1.82, 2.24) is 15.1 Å². The van der Waals surface area contributed by atoms with Gasteiger partial charge in [0, 0.05) is 13.1 Å². The van der Waals surface area contributed by atoms with Gasteiger partial charge in [0.2, 0.25) is 0 Å². The van der Waals surface area contributed by atoms with E-state index in [1.54, 1.807) is 22.9 Å². The average Bonchev–Trinajstić information content (AvgIpc) is 3.07. The molecule has 6 nitrogen and oxygen atoms in total. The van der Waals surface area contributed by atoms with Crippen molar-refractivity contribution >= 4 is 5.91 Å². The average molecular weight is 277 g/mol. The molecule has 0 bridgehead atoms. The van der Waals surface area contributed by atoms with Gasteiger partial charge in [-0.3, -0.25) is 9.48 Å². The summed E-state index contributed by atoms with van der Waals surface area (Å²) in [5.74, 6) is 0.327. The largest absolute Gasteiger partial charge is 0.467 e. The van der Waals surface area contributed by atoms with Gasteiger partial charge in [-0.2, -0.15) is 5.10 Å². The quantitative estimate of drug-likeness (QED) is 0.841. The molecule has 0 aliphatic rings. The summed E-state index contributed by atoms with van der Waals surface area (Å²) < 4.78 is 6.76. The van der Waals surface area contributed by atoms with E-state index in [1.165, 1.54) is 6.26 Å². The number of aryl methyl sites for hydroxylation is 2. The first-order chi connectivity index (χ1) is 9.61. The summed E-state index contributed by atoms with van der Waals surface area (Å²) >= 11 is 0. The molecule has 0 spiro atoms. The fraction of sp³-hybridized carbons (Fsp3) is 0.429. The Kier molecular flexibility index (Phi) is 4.57. The lowest BCUT2D eigenvalue weighted by atomic mass is 10.2. The minimum Gasteiger partial charge on any atom is -0.467 e. The van der Waals surface area contributed by atoms with Crippen LogP contribution in [-0.4, -0.2) is 27.3 Å². The van der Waals surface area contributed by atoms with Gasteiger partial charge in [-0.15, -0.1) is 0 Å². The van der Waals surface area contributed by atoms with E-state index in [2.05, 4.69) is 10.4 Å². The van der Waals surface area contributed by atoms with Gasteiger partial charge in [0.1, 0.15) is 17.6 Å². The predicted molar refractivity (Wildman–Crippen MR) is 73.3 cm³/mol. The van der Waals surface area contributed by atoms with Gasteiger partial charge in [-0.25, -0.2) is 0 Å². The van der Waals surface area contributed by atoms with Crippen LogP contribution in [0, 0.1) is 6.92 Å². The van der Waals surface area contributed by atoms with Crippen LogP contribution in [0.2, 0.25) is 0 Å². The number of aliphatic hydroxyl groups excluding tert-OH is 1. The summed E-state index contributed by atoms with van der Waals surface area (Å²) in [6.45, 7) is 4.80. The highest BCUT2D eigenvalue weighted by molar-refractivity contribution is 5.92. The maximum Gasteiger partial charge on any atom is 0.269 e. The van der Waals surface area contributed by atoms with E-state index < -0.39 is 6.10 Å². The van der Waals surface area contributed by atoms with E-state index in [0.717, 1.165) is 5.69 Å². The van der Waals surface area contributed by atoms with Crippen molar-refractivity contribution in [1.29, 1.82) is 0 Å². The highest BCUT2D eigenvalue weighted by Crippen LogP contribution is 2.15. The highest BCUT2D eigenvalue weighted by atomic mass is 16.4. The summed E-state index contributed by atoms with van der Waals surface area (Å²) in [6.07, 6.45) is 1.21. The summed E-state index contributed by atoms with van der Waals surface area (Å²) in [6, 6.07) is 5.18. The Morgan fingerprint density at radius 2 is 2.40 bits per heavy atom. The van der Waals surface area contributed by atoms with Crippen LogP contribution in [0.3, 0.4) is 0 Å². The number of carbonyl (C=O) groups excluding carboxylic acids is 1. The number of aromatic nitrogens is 2. The van der Waals surface area contributed by atoms with Crippen LogP contribution < -0.4 is 5.32 Å². The fourth-order valence-electron chi connectivity index (χ4n) is 2.01. The highest BCUT2D eigenvalue weighted by Gasteiger charge is 2.14. The van der Waals surface area contributed by atoms with Crippen molar-refractivity contribution in [3.63, 3.8) is 0 Å². The molecule has 0 saturated carbocycles. The second kappa shape index (κ2) is 6.38. The first kappa shape index (κ1) is 14.3. The zero-order valence-corrected chi connectivity index (χ0v) is 11.7. The standard InChI is InChI=1S/C14H19N3O3/c1-3-17-11(9-10(2)16-17)14(19)15-7-6-12(18)13-5-4-8-20-13/h4-5,8-9,12,18H,3,6-7H2,1-2H3,(H,15,19). The molecule has 0 fully saturated rings. The molecule has 2 aromatic rings. The van der Waals surface area contributed by atoms with E-state index in [4.69, 9.17) is 4.42 Å². The van der Waals surface area contributed by atoms with Gasteiger partial charge in [0.15, 0.2) is 0 Å². The van der Waals surface area contributed by atoms with Crippen LogP contribution >= 0.6 is 0 Å². The molecule has 1 unspecified atom stereocenters. The van der Waals surface area contributed by atoms with Gasteiger partial charge in [-0.1, -0.05) is 0 Å². The monoisotopic (exact) mass is 277 g/mol. The minimum atomic E-state index is -0.705. The lowest BCUT2D eigenvalue weighted by molar-refractivity contribution is 0.0925. The maximum atomic E-state index is 12.0. The van der Waals surface area contributed by atoms with E-state index in [9.17, 15) is 9.90 Å². The second-order valence-electron chi connectivity index (χ2n) is 4.56. The van der Waals surface area contributed by atoms with Crippen molar-refractivity contribution < 1.29 is 14.3 Å². The fourth-order valence-corrected chi connectivity index (χ4v) is 2.01. The number of hydrogen-bond acceptors (Lipinski definition) is 4. The summed E-state index contributed by atoms with van der Waals surface area (Å²) in [4.78, 5) is 12.0. The third-order valence-corrected chi connectivity index (χ3v) is 3.01. The minimum absolute atomic E-state index is 0.181. The van der Waals surface area contributed by atoms with Gasteiger partial charge in [0.05, 0.1) is 12.0 Å². The Morgan fingerprint density at radius 3 is 3.05 bits per heavy atom. The zero-order chi connectivity index (χ0) is 14.5. The molecule has 20 heavy (non-hydrogen) atoms. The van der Waals surface area contributed by atoms with Crippen LogP contribution in [0.15, 0.2) is 28.9 Å². The lowest BCUT2D eigenvalue weighted by Gasteiger charge is -2.09. The smallest absolute Gasteiger partial charge is 0.269 e. The van der Waals surface area contributed by atoms with Gasteiger partial charge >= 0.3 is 0 Å². The van der Waals surface area contributed by atoms with Gasteiger partial charge in [-0.05, 0) is 38.5 Å². The van der Waals surface area contributed by atoms with Crippen LogP contribution in [0.5, 0.6) is 0 Å². The molecule has 0 aliphatic heterocycles. The number of amides is 1. The Morgan fingerprint density at radius 1 is 1.60 bits per heavy atom. The van der Waals surface area contributed by atoms with E-state index >= 15 is 0 Å². The molecule has 2 aromatic heterocycles. The molecular weight excluding hydrogens is 258 g/mol. The van der Waals surface area contributed by atoms with Crippen LogP contribution in [-0.2, 0) is 6.54 Å². The molecule has 2 rings (SSSR count). The Bertz CT molecular complexity index is 560. The second-order valence-corrected chi connectivity index (χ2v) is 4.56. The van der Waals surface area contributed by atoms with E-state index in [0.29, 0.717) is 31.0 Å². The number of nitrogens with zero attached hydrogens (tertiary/aromatic N) is 2. The molecule has 2 heterocycles. The van der Waals surface area contributed by atoms with Crippen molar-refractivity contribution in [3.05, 3.63) is 41.6 Å². The number of furan rings is 1. The summed E-state index contributed by atoms with van der Waals surface area (Å²) in [7, 11) is 0. The Hall–Kier alpha value is -2.08. The number of nitrogens with one attached hydrogen (secondary N) is 1. The molecule has 1 amide bonds. The normalized spacial score (nSPS) is 12.3. The van der Waals surface area contributed by atoms with E-state index in [1.807, 2.05) is 13.8 Å². The molecule has 6 heteroatoms. The molecule has 0 aromatic carbocycles. The number of hydrogen-bond donors (Lipinski definition) is 2. The molecule has 1 atom stereocenters. The first-order valence-electron chi connectivity index (χ1n) is 6.66. The first-order valence-corrected chi connectivity index (χ1v) is 6.66. The van der Waals surface area contributed by atoms with Crippen LogP contribution in [0.1, 0.15) is 41.4 Å². The van der Waals surface area contributed by atoms with Crippen molar-refractivity contribution in [2.45, 2.75) is 32.9 Å². The van der Waals surface area contributed by atoms with Gasteiger partial charge < -0.3 is 14.8 Å². The SMILES string of the molecule is CCn1nc(C)cc1C(=O)NCCC(O)c1ccco1. The summed E-state index contributed by atoms with van der Waals surface area (Å²) in [5.41, 5.74) is 1.35. The molecule has 108 valence electrons. The Balaban J connectivity index is 1.86. The number of carbonyl (C=O) groups is 1. The van der Waals surface area contributed by atoms with Crippen molar-refractivity contribution in [3.8, 4) is 0 Å².